The maximum atomic E-state index is 12.8. The van der Waals surface area contributed by atoms with Crippen molar-refractivity contribution in [2.45, 2.75) is 6.92 Å². The van der Waals surface area contributed by atoms with Crippen molar-refractivity contribution in [3.05, 3.63) is 120 Å². The summed E-state index contributed by atoms with van der Waals surface area (Å²) in [6.45, 7) is 1.88. The van der Waals surface area contributed by atoms with E-state index in [9.17, 15) is 4.79 Å². The highest BCUT2D eigenvalue weighted by molar-refractivity contribution is 6.32. The monoisotopic (exact) mass is 494 g/mol. The first-order chi connectivity index (χ1) is 17.6. The number of benzene rings is 4. The van der Waals surface area contributed by atoms with Crippen LogP contribution in [0.5, 0.6) is 11.6 Å². The van der Waals surface area contributed by atoms with Crippen molar-refractivity contribution in [3.8, 4) is 28.4 Å². The van der Waals surface area contributed by atoms with Gasteiger partial charge in [0.25, 0.3) is 0 Å². The van der Waals surface area contributed by atoms with Gasteiger partial charge in [0.05, 0.1) is 22.1 Å². The summed E-state index contributed by atoms with van der Waals surface area (Å²) in [7, 11) is 0. The number of halogens is 1. The second-order valence-corrected chi connectivity index (χ2v) is 8.52. The number of carbonyl (C=O) groups excluding carboxylic acids is 1. The van der Waals surface area contributed by atoms with E-state index in [1.165, 1.54) is 0 Å². The largest absolute Gasteiger partial charge is 0.437 e. The molecule has 7 heteroatoms. The third kappa shape index (κ3) is 5.24. The van der Waals surface area contributed by atoms with Gasteiger partial charge in [0.15, 0.2) is 5.75 Å². The summed E-state index contributed by atoms with van der Waals surface area (Å²) in [4.78, 5) is 12.8. The molecule has 178 valence electrons. The molecule has 0 atom stereocenters. The lowest BCUT2D eigenvalue weighted by Crippen LogP contribution is -2.19. The fourth-order valence-corrected chi connectivity index (χ4v) is 3.99. The molecule has 4 aromatic carbocycles. The number of hydrogen-bond donors (Lipinski definition) is 2. The smallest absolute Gasteiger partial charge is 0.323 e. The van der Waals surface area contributed by atoms with E-state index in [0.717, 1.165) is 16.8 Å². The molecule has 6 nitrogen and oxygen atoms in total. The van der Waals surface area contributed by atoms with Gasteiger partial charge in [0, 0.05) is 11.8 Å². The zero-order chi connectivity index (χ0) is 24.9. The molecule has 0 bridgehead atoms. The normalized spacial score (nSPS) is 10.6. The maximum Gasteiger partial charge on any atom is 0.323 e. The van der Waals surface area contributed by atoms with Gasteiger partial charge in [-0.15, -0.1) is 0 Å². The van der Waals surface area contributed by atoms with E-state index in [1.54, 1.807) is 22.9 Å². The summed E-state index contributed by atoms with van der Waals surface area (Å²) < 4.78 is 7.83. The predicted octanol–water partition coefficient (Wildman–Crippen LogP) is 7.94. The number of aryl methyl sites for hydroxylation is 1. The van der Waals surface area contributed by atoms with Crippen LogP contribution in [0.3, 0.4) is 0 Å². The summed E-state index contributed by atoms with van der Waals surface area (Å²) in [5.41, 5.74) is 4.85. The molecule has 0 radical (unpaired) electrons. The van der Waals surface area contributed by atoms with E-state index in [0.29, 0.717) is 33.7 Å². The summed E-state index contributed by atoms with van der Waals surface area (Å²) >= 11 is 6.38. The Labute approximate surface area is 214 Å². The van der Waals surface area contributed by atoms with Gasteiger partial charge in [-0.1, -0.05) is 78.3 Å². The number of carbonyl (C=O) groups is 1. The molecule has 0 aliphatic carbocycles. The van der Waals surface area contributed by atoms with E-state index >= 15 is 0 Å². The molecular weight excluding hydrogens is 472 g/mol. The Kier molecular flexibility index (Phi) is 6.69. The van der Waals surface area contributed by atoms with Crippen molar-refractivity contribution in [2.24, 2.45) is 0 Å². The van der Waals surface area contributed by atoms with E-state index in [-0.39, 0.29) is 6.03 Å². The minimum absolute atomic E-state index is 0.380. The van der Waals surface area contributed by atoms with Crippen LogP contribution in [-0.2, 0) is 0 Å². The van der Waals surface area contributed by atoms with Gasteiger partial charge in [-0.2, -0.15) is 9.78 Å². The average molecular weight is 495 g/mol. The van der Waals surface area contributed by atoms with Crippen LogP contribution in [-0.4, -0.2) is 15.8 Å². The van der Waals surface area contributed by atoms with Gasteiger partial charge >= 0.3 is 6.03 Å². The number of rotatable bonds is 6. The molecule has 5 rings (SSSR count). The van der Waals surface area contributed by atoms with Crippen LogP contribution in [0.15, 0.2) is 109 Å². The highest BCUT2D eigenvalue weighted by atomic mass is 35.5. The number of ether oxygens (including phenoxy) is 1. The Morgan fingerprint density at radius 1 is 0.806 bits per heavy atom. The number of para-hydroxylation sites is 3. The van der Waals surface area contributed by atoms with Gasteiger partial charge in [-0.05, 0) is 54.4 Å². The topological polar surface area (TPSA) is 68.2 Å². The molecule has 0 aliphatic heterocycles. The van der Waals surface area contributed by atoms with Crippen molar-refractivity contribution in [2.75, 3.05) is 10.6 Å². The van der Waals surface area contributed by atoms with E-state index in [4.69, 9.17) is 16.3 Å². The number of aromatic nitrogens is 2. The number of urea groups is 1. The molecule has 2 N–H and O–H groups in total. The first kappa shape index (κ1) is 23.2. The van der Waals surface area contributed by atoms with Gasteiger partial charge in [-0.25, -0.2) is 4.79 Å². The maximum absolute atomic E-state index is 12.8. The molecule has 0 saturated carbocycles. The third-order valence-electron chi connectivity index (χ3n) is 5.48. The molecule has 0 aliphatic rings. The lowest BCUT2D eigenvalue weighted by atomic mass is 10.1. The Bertz CT molecular complexity index is 1500. The van der Waals surface area contributed by atoms with Crippen molar-refractivity contribution in [1.29, 1.82) is 0 Å². The fourth-order valence-electron chi connectivity index (χ4n) is 3.78. The minimum atomic E-state index is -0.380. The van der Waals surface area contributed by atoms with E-state index in [1.807, 2.05) is 97.9 Å². The van der Waals surface area contributed by atoms with Crippen LogP contribution in [0, 0.1) is 6.92 Å². The van der Waals surface area contributed by atoms with E-state index in [2.05, 4.69) is 15.7 Å². The average Bonchev–Trinajstić information content (AvgIpc) is 3.26. The zero-order valence-electron chi connectivity index (χ0n) is 19.5. The Morgan fingerprint density at radius 3 is 2.25 bits per heavy atom. The second kappa shape index (κ2) is 10.4. The fraction of sp³-hybridized carbons (Fsp3) is 0.0345. The molecule has 36 heavy (non-hydrogen) atoms. The lowest BCUT2D eigenvalue weighted by molar-refractivity contribution is 0.262. The summed E-state index contributed by atoms with van der Waals surface area (Å²) in [5, 5.41) is 10.8. The van der Waals surface area contributed by atoms with Gasteiger partial charge in [-0.3, -0.25) is 0 Å². The molecule has 1 aromatic heterocycles. The number of nitrogens with zero attached hydrogens (tertiary/aromatic N) is 2. The van der Waals surface area contributed by atoms with Crippen LogP contribution in [0.4, 0.5) is 16.2 Å². The third-order valence-corrected chi connectivity index (χ3v) is 5.80. The Balaban J connectivity index is 1.32. The van der Waals surface area contributed by atoms with Crippen LogP contribution < -0.4 is 15.4 Å². The zero-order valence-corrected chi connectivity index (χ0v) is 20.2. The Morgan fingerprint density at radius 2 is 1.47 bits per heavy atom. The van der Waals surface area contributed by atoms with Crippen LogP contribution >= 0.6 is 11.6 Å². The van der Waals surface area contributed by atoms with Crippen molar-refractivity contribution < 1.29 is 9.53 Å². The highest BCUT2D eigenvalue weighted by Gasteiger charge is 2.15. The van der Waals surface area contributed by atoms with Crippen LogP contribution in [0.2, 0.25) is 5.02 Å². The number of anilines is 2. The molecule has 5 aromatic rings. The molecule has 0 saturated heterocycles. The number of hydrogen-bond acceptors (Lipinski definition) is 3. The molecule has 0 fully saturated rings. The minimum Gasteiger partial charge on any atom is -0.437 e. The lowest BCUT2D eigenvalue weighted by Gasteiger charge is -2.14. The molecular formula is C29H23ClN4O2. The van der Waals surface area contributed by atoms with E-state index < -0.39 is 0 Å². The molecule has 1 heterocycles. The Hall–Kier alpha value is -4.55. The van der Waals surface area contributed by atoms with Crippen molar-refractivity contribution in [3.63, 3.8) is 0 Å². The molecule has 2 amide bonds. The van der Waals surface area contributed by atoms with Gasteiger partial charge in [0.1, 0.15) is 0 Å². The SMILES string of the molecule is Cc1cc(Oc2ccccc2NC(=O)Nc2ccc(-c3ccccc3)cc2)n(-c2ccccc2Cl)n1. The highest BCUT2D eigenvalue weighted by Crippen LogP contribution is 2.33. The number of amides is 2. The van der Waals surface area contributed by atoms with Crippen LogP contribution in [0.25, 0.3) is 16.8 Å². The van der Waals surface area contributed by atoms with Crippen LogP contribution in [0.1, 0.15) is 5.69 Å². The number of nitrogens with one attached hydrogen (secondary N) is 2. The van der Waals surface area contributed by atoms with Crippen molar-refractivity contribution in [1.82, 2.24) is 9.78 Å². The van der Waals surface area contributed by atoms with Gasteiger partial charge in [0.2, 0.25) is 5.88 Å². The predicted molar refractivity (Wildman–Crippen MR) is 144 cm³/mol. The van der Waals surface area contributed by atoms with Crippen molar-refractivity contribution >= 4 is 29.0 Å². The molecule has 0 unspecified atom stereocenters. The second-order valence-electron chi connectivity index (χ2n) is 8.11. The standard InChI is InChI=1S/C29H23ClN4O2/c1-20-19-28(34(33-20)26-13-7-5-11-24(26)30)36-27-14-8-6-12-25(27)32-29(35)31-23-17-15-22(16-18-23)21-9-3-2-4-10-21/h2-19H,1H3,(H2,31,32,35). The summed E-state index contributed by atoms with van der Waals surface area (Å²) in [6, 6.07) is 33.8. The quantitative estimate of drug-likeness (QED) is 0.252. The van der Waals surface area contributed by atoms with Gasteiger partial charge < -0.3 is 15.4 Å². The first-order valence-electron chi connectivity index (χ1n) is 11.4. The molecule has 0 spiro atoms. The summed E-state index contributed by atoms with van der Waals surface area (Å²) in [6.07, 6.45) is 0. The summed E-state index contributed by atoms with van der Waals surface area (Å²) in [5.74, 6) is 0.951. The first-order valence-corrected chi connectivity index (χ1v) is 11.8.